The summed E-state index contributed by atoms with van der Waals surface area (Å²) in [7, 11) is -4.20. The van der Waals surface area contributed by atoms with Gasteiger partial charge in [-0.3, -0.25) is 9.45 Å². The molecule has 3 N–H and O–H groups in total. The van der Waals surface area contributed by atoms with Gasteiger partial charge in [0.15, 0.2) is 0 Å². The molecular weight excluding hydrogens is 415 g/mol. The smallest absolute Gasteiger partial charge is 0.404 e. The molecule has 0 radical (unpaired) electrons. The molecule has 1 heterocycles. The number of primary amides is 1. The number of carbonyl (C=O) groups is 1. The minimum absolute atomic E-state index is 0.0504. The second-order valence-electron chi connectivity index (χ2n) is 8.02. The van der Waals surface area contributed by atoms with Gasteiger partial charge in [0.1, 0.15) is 17.7 Å². The van der Waals surface area contributed by atoms with Crippen molar-refractivity contribution in [3.05, 3.63) is 30.1 Å². The Hall–Kier alpha value is -1.91. The van der Waals surface area contributed by atoms with Crippen LogP contribution in [-0.4, -0.2) is 61.1 Å². The number of ether oxygens (including phenoxy) is 2. The number of nitrogens with two attached hydrogens (primary N) is 1. The van der Waals surface area contributed by atoms with Crippen molar-refractivity contribution >= 4 is 16.2 Å². The molecule has 2 aliphatic rings. The maximum Gasteiger partial charge on any atom is 0.404 e. The van der Waals surface area contributed by atoms with Crippen molar-refractivity contribution in [3.63, 3.8) is 0 Å². The van der Waals surface area contributed by atoms with E-state index in [1.54, 1.807) is 12.1 Å². The van der Waals surface area contributed by atoms with Gasteiger partial charge in [0.05, 0.1) is 12.4 Å². The van der Waals surface area contributed by atoms with Crippen LogP contribution in [0.1, 0.15) is 38.5 Å². The number of amides is 1. The Balaban J connectivity index is 1.67. The summed E-state index contributed by atoms with van der Waals surface area (Å²) >= 11 is 0. The summed E-state index contributed by atoms with van der Waals surface area (Å²) in [6.45, 7) is 0.963. The van der Waals surface area contributed by atoms with Crippen molar-refractivity contribution < 1.29 is 31.6 Å². The van der Waals surface area contributed by atoms with Gasteiger partial charge in [-0.25, -0.2) is 9.18 Å². The number of fused-ring (bicyclic) bond motifs is 1. The summed E-state index contributed by atoms with van der Waals surface area (Å²) in [6, 6.07) is 5.34. The average Bonchev–Trinajstić information content (AvgIpc) is 2.67. The Morgan fingerprint density at radius 3 is 2.60 bits per heavy atom. The molecule has 3 rings (SSSR count). The third-order valence-corrected chi connectivity index (χ3v) is 6.78. The summed E-state index contributed by atoms with van der Waals surface area (Å²) in [4.78, 5) is 13.5. The number of likely N-dealkylation sites (tertiary alicyclic amines) is 1. The van der Waals surface area contributed by atoms with Crippen molar-refractivity contribution in [3.8, 4) is 5.75 Å². The van der Waals surface area contributed by atoms with E-state index in [0.717, 1.165) is 25.7 Å². The van der Waals surface area contributed by atoms with Crippen LogP contribution >= 0.6 is 0 Å². The standard InChI is InChI=1S/C20H29FN2O6S/c21-14-6-8-16(9-7-14)28-11-3-10-23-15(13-30(25,26)27)12-19(29-20(22)24)17-4-1-2-5-18(17)23/h6-9,15,17-19H,1-5,10-13H2,(H2,22,24)(H,25,26,27)/t15-,17?,18?,19+/m0/s1. The average molecular weight is 445 g/mol. The van der Waals surface area contributed by atoms with Gasteiger partial charge in [-0.1, -0.05) is 12.8 Å². The molecule has 0 aromatic heterocycles. The van der Waals surface area contributed by atoms with Crippen molar-refractivity contribution in [2.45, 2.75) is 56.7 Å². The second kappa shape index (κ2) is 9.93. The Labute approximate surface area is 176 Å². The molecule has 30 heavy (non-hydrogen) atoms. The molecule has 0 bridgehead atoms. The van der Waals surface area contributed by atoms with Crippen LogP contribution in [-0.2, 0) is 14.9 Å². The van der Waals surface area contributed by atoms with Gasteiger partial charge < -0.3 is 15.2 Å². The highest BCUT2D eigenvalue weighted by Crippen LogP contribution is 2.40. The van der Waals surface area contributed by atoms with Crippen molar-refractivity contribution in [2.75, 3.05) is 18.9 Å². The van der Waals surface area contributed by atoms with Crippen molar-refractivity contribution in [1.82, 2.24) is 4.90 Å². The summed E-state index contributed by atoms with van der Waals surface area (Å²) in [5, 5.41) is 0. The molecule has 2 fully saturated rings. The molecule has 10 heteroatoms. The molecule has 4 atom stereocenters. The van der Waals surface area contributed by atoms with Crippen LogP contribution in [0.5, 0.6) is 5.75 Å². The van der Waals surface area contributed by atoms with Gasteiger partial charge >= 0.3 is 6.09 Å². The van der Waals surface area contributed by atoms with E-state index >= 15 is 0 Å². The van der Waals surface area contributed by atoms with Crippen LogP contribution in [0, 0.1) is 11.7 Å². The van der Waals surface area contributed by atoms with Crippen LogP contribution < -0.4 is 10.5 Å². The Bertz CT molecular complexity index is 819. The predicted molar refractivity (Wildman–Crippen MR) is 108 cm³/mol. The van der Waals surface area contributed by atoms with E-state index in [4.69, 9.17) is 15.2 Å². The number of halogens is 1. The van der Waals surface area contributed by atoms with Crippen LogP contribution in [0.2, 0.25) is 0 Å². The first-order valence-corrected chi connectivity index (χ1v) is 11.9. The third kappa shape index (κ3) is 6.29. The van der Waals surface area contributed by atoms with Crippen LogP contribution in [0.4, 0.5) is 9.18 Å². The van der Waals surface area contributed by atoms with E-state index in [1.807, 2.05) is 0 Å². The minimum Gasteiger partial charge on any atom is -0.494 e. The van der Waals surface area contributed by atoms with E-state index in [2.05, 4.69) is 4.90 Å². The summed E-state index contributed by atoms with van der Waals surface area (Å²) in [5.41, 5.74) is 5.23. The van der Waals surface area contributed by atoms with E-state index < -0.39 is 34.1 Å². The first-order chi connectivity index (χ1) is 14.2. The topological polar surface area (TPSA) is 119 Å². The van der Waals surface area contributed by atoms with Gasteiger partial charge in [0.25, 0.3) is 10.1 Å². The van der Waals surface area contributed by atoms with Crippen molar-refractivity contribution in [1.29, 1.82) is 0 Å². The zero-order valence-electron chi connectivity index (χ0n) is 16.8. The molecule has 2 unspecified atom stereocenters. The summed E-state index contributed by atoms with van der Waals surface area (Å²) in [6.07, 6.45) is 3.39. The lowest BCUT2D eigenvalue weighted by Gasteiger charge is -2.51. The number of benzene rings is 1. The molecule has 8 nitrogen and oxygen atoms in total. The largest absolute Gasteiger partial charge is 0.494 e. The normalized spacial score (nSPS) is 27.3. The van der Waals surface area contributed by atoms with Gasteiger partial charge in [-0.05, 0) is 43.5 Å². The summed E-state index contributed by atoms with van der Waals surface area (Å²) in [5.74, 6) is -0.107. The van der Waals surface area contributed by atoms with Gasteiger partial charge in [-0.15, -0.1) is 0 Å². The lowest BCUT2D eigenvalue weighted by Crippen LogP contribution is -2.60. The monoisotopic (exact) mass is 444 g/mol. The molecule has 0 spiro atoms. The minimum atomic E-state index is -4.20. The third-order valence-electron chi connectivity index (χ3n) is 5.97. The molecule has 1 saturated carbocycles. The number of nitrogens with zero attached hydrogens (tertiary/aromatic N) is 1. The fourth-order valence-electron chi connectivity index (χ4n) is 4.84. The SMILES string of the molecule is NC(=O)O[C@@H]1C[C@@H](CS(=O)(=O)O)N(CCCOc2ccc(F)cc2)C2CCCCC21. The maximum absolute atomic E-state index is 13.0. The van der Waals surface area contributed by atoms with Crippen LogP contribution in [0.25, 0.3) is 0 Å². The number of hydrogen-bond acceptors (Lipinski definition) is 6. The lowest BCUT2D eigenvalue weighted by molar-refractivity contribution is -0.0657. The van der Waals surface area contributed by atoms with Gasteiger partial charge in [0, 0.05) is 31.0 Å². The quantitative estimate of drug-likeness (QED) is 0.467. The van der Waals surface area contributed by atoms with Crippen LogP contribution in [0.3, 0.4) is 0 Å². The first kappa shape index (κ1) is 22.8. The molecule has 1 aliphatic carbocycles. The Kier molecular flexibility index (Phi) is 7.54. The lowest BCUT2D eigenvalue weighted by atomic mass is 9.74. The van der Waals surface area contributed by atoms with Gasteiger partial charge in [-0.2, -0.15) is 8.42 Å². The highest BCUT2D eigenvalue weighted by Gasteiger charge is 2.46. The molecule has 1 amide bonds. The molecule has 1 aliphatic heterocycles. The van der Waals surface area contributed by atoms with E-state index in [-0.39, 0.29) is 17.8 Å². The Morgan fingerprint density at radius 2 is 1.93 bits per heavy atom. The summed E-state index contributed by atoms with van der Waals surface area (Å²) < 4.78 is 56.7. The molecular formula is C20H29FN2O6S. The first-order valence-electron chi connectivity index (χ1n) is 10.3. The maximum atomic E-state index is 13.0. The highest BCUT2D eigenvalue weighted by molar-refractivity contribution is 7.85. The highest BCUT2D eigenvalue weighted by atomic mass is 32.2. The fourth-order valence-corrected chi connectivity index (χ4v) is 5.66. The number of hydrogen-bond donors (Lipinski definition) is 2. The van der Waals surface area contributed by atoms with E-state index in [0.29, 0.717) is 31.7 Å². The number of piperidine rings is 1. The molecule has 1 saturated heterocycles. The fraction of sp³-hybridized carbons (Fsp3) is 0.650. The Morgan fingerprint density at radius 1 is 1.23 bits per heavy atom. The van der Waals surface area contributed by atoms with E-state index in [9.17, 15) is 22.2 Å². The van der Waals surface area contributed by atoms with Crippen LogP contribution in [0.15, 0.2) is 24.3 Å². The number of carbonyl (C=O) groups excluding carboxylic acids is 1. The number of rotatable bonds is 8. The van der Waals surface area contributed by atoms with Gasteiger partial charge in [0.2, 0.25) is 0 Å². The molecule has 1 aromatic rings. The zero-order valence-corrected chi connectivity index (χ0v) is 17.6. The zero-order chi connectivity index (χ0) is 21.7. The second-order valence-corrected chi connectivity index (χ2v) is 9.52. The van der Waals surface area contributed by atoms with Crippen molar-refractivity contribution in [2.24, 2.45) is 11.7 Å². The molecule has 168 valence electrons. The predicted octanol–water partition coefficient (Wildman–Crippen LogP) is 2.58. The van der Waals surface area contributed by atoms with E-state index in [1.165, 1.54) is 12.1 Å². The molecule has 1 aromatic carbocycles.